The molecule has 0 aromatic heterocycles. The second-order valence-electron chi connectivity index (χ2n) is 4.84. The summed E-state index contributed by atoms with van der Waals surface area (Å²) in [5.41, 5.74) is 2.45. The first-order valence-electron chi connectivity index (χ1n) is 6.41. The number of methoxy groups -OCH3 is 1. The normalized spacial score (nSPS) is 15.2. The Hall–Kier alpha value is -1.81. The number of carbonyl (C=O) groups excluding carboxylic acids is 1. The lowest BCUT2D eigenvalue weighted by Crippen LogP contribution is -2.09. The van der Waals surface area contributed by atoms with Crippen molar-refractivity contribution < 1.29 is 14.6 Å². The second-order valence-corrected chi connectivity index (χ2v) is 4.84. The van der Waals surface area contributed by atoms with Gasteiger partial charge in [-0.15, -0.1) is 0 Å². The number of benzene rings is 1. The van der Waals surface area contributed by atoms with Gasteiger partial charge in [0.05, 0.1) is 13.7 Å². The Morgan fingerprint density at radius 1 is 1.53 bits per heavy atom. The van der Waals surface area contributed by atoms with Crippen molar-refractivity contribution in [3.8, 4) is 5.75 Å². The number of anilines is 1. The minimum Gasteiger partial charge on any atom is -0.496 e. The largest absolute Gasteiger partial charge is 0.496 e. The smallest absolute Gasteiger partial charge is 0.248 e. The van der Waals surface area contributed by atoms with Gasteiger partial charge in [0, 0.05) is 17.3 Å². The average Bonchev–Trinajstić information content (AvgIpc) is 3.22. The van der Waals surface area contributed by atoms with Gasteiger partial charge in [-0.25, -0.2) is 0 Å². The Morgan fingerprint density at radius 3 is 2.84 bits per heavy atom. The molecule has 1 aliphatic carbocycles. The van der Waals surface area contributed by atoms with Crippen molar-refractivity contribution in [2.75, 3.05) is 12.4 Å². The lowest BCUT2D eigenvalue weighted by atomic mass is 10.1. The molecule has 0 saturated heterocycles. The van der Waals surface area contributed by atoms with Gasteiger partial charge in [0.1, 0.15) is 5.75 Å². The molecule has 0 bridgehead atoms. The molecule has 4 heteroatoms. The number of amides is 1. The molecule has 1 aliphatic rings. The lowest BCUT2D eigenvalue weighted by molar-refractivity contribution is -0.112. The predicted molar refractivity (Wildman–Crippen MR) is 74.0 cm³/mol. The Bertz CT molecular complexity index is 504. The fraction of sp³-hybridized carbons (Fsp3) is 0.400. The van der Waals surface area contributed by atoms with Crippen LogP contribution in [-0.4, -0.2) is 18.1 Å². The zero-order chi connectivity index (χ0) is 13.8. The number of rotatable bonds is 5. The van der Waals surface area contributed by atoms with Gasteiger partial charge in [-0.05, 0) is 43.9 Å². The lowest BCUT2D eigenvalue weighted by Gasteiger charge is -2.09. The van der Waals surface area contributed by atoms with Crippen LogP contribution in [0, 0.1) is 5.92 Å². The third-order valence-corrected chi connectivity index (χ3v) is 3.30. The molecule has 0 aliphatic heterocycles. The van der Waals surface area contributed by atoms with Gasteiger partial charge in [0.15, 0.2) is 0 Å². The number of allylic oxidation sites excluding steroid dienone is 1. The van der Waals surface area contributed by atoms with Gasteiger partial charge in [0.25, 0.3) is 0 Å². The van der Waals surface area contributed by atoms with Gasteiger partial charge >= 0.3 is 0 Å². The quantitative estimate of drug-likeness (QED) is 0.801. The highest BCUT2D eigenvalue weighted by atomic mass is 16.5. The van der Waals surface area contributed by atoms with Crippen molar-refractivity contribution in [3.05, 3.63) is 35.4 Å². The fourth-order valence-electron chi connectivity index (χ4n) is 2.02. The molecule has 19 heavy (non-hydrogen) atoms. The number of carbonyl (C=O) groups is 1. The number of nitrogens with one attached hydrogen (secondary N) is 1. The van der Waals surface area contributed by atoms with Crippen LogP contribution in [0.4, 0.5) is 5.69 Å². The maximum atomic E-state index is 11.8. The maximum absolute atomic E-state index is 11.8. The van der Waals surface area contributed by atoms with Crippen LogP contribution >= 0.6 is 0 Å². The van der Waals surface area contributed by atoms with E-state index in [1.807, 2.05) is 6.92 Å². The highest BCUT2D eigenvalue weighted by molar-refractivity contribution is 5.99. The molecule has 102 valence electrons. The number of aliphatic hydroxyl groups is 1. The van der Waals surface area contributed by atoms with Crippen LogP contribution in [0.1, 0.15) is 25.3 Å². The van der Waals surface area contributed by atoms with Gasteiger partial charge in [-0.2, -0.15) is 0 Å². The van der Waals surface area contributed by atoms with E-state index < -0.39 is 0 Å². The maximum Gasteiger partial charge on any atom is 0.248 e. The molecular formula is C15H19NO3. The minimum absolute atomic E-state index is 0.121. The molecule has 1 aromatic carbocycles. The molecule has 1 fully saturated rings. The van der Waals surface area contributed by atoms with E-state index >= 15 is 0 Å². The summed E-state index contributed by atoms with van der Waals surface area (Å²) in [4.78, 5) is 11.8. The number of hydrogen-bond acceptors (Lipinski definition) is 3. The van der Waals surface area contributed by atoms with Crippen LogP contribution in [0.3, 0.4) is 0 Å². The van der Waals surface area contributed by atoms with Gasteiger partial charge in [0.2, 0.25) is 5.91 Å². The summed E-state index contributed by atoms with van der Waals surface area (Å²) in [6, 6.07) is 5.21. The molecule has 1 saturated carbocycles. The van der Waals surface area contributed by atoms with E-state index in [4.69, 9.17) is 4.74 Å². The van der Waals surface area contributed by atoms with Crippen molar-refractivity contribution in [2.24, 2.45) is 5.92 Å². The van der Waals surface area contributed by atoms with Crippen LogP contribution in [0.2, 0.25) is 0 Å². The highest BCUT2D eigenvalue weighted by Gasteiger charge is 2.23. The Balaban J connectivity index is 2.06. The molecule has 2 N–H and O–H groups in total. The zero-order valence-electron chi connectivity index (χ0n) is 11.3. The second kappa shape index (κ2) is 5.89. The monoisotopic (exact) mass is 261 g/mol. The first kappa shape index (κ1) is 13.6. The van der Waals surface area contributed by atoms with Gasteiger partial charge in [-0.3, -0.25) is 4.79 Å². The predicted octanol–water partition coefficient (Wildman–Crippen LogP) is 2.48. The Labute approximate surface area is 113 Å². The summed E-state index contributed by atoms with van der Waals surface area (Å²) in [7, 11) is 1.55. The third kappa shape index (κ3) is 3.58. The zero-order valence-corrected chi connectivity index (χ0v) is 11.3. The summed E-state index contributed by atoms with van der Waals surface area (Å²) in [6.07, 6.45) is 4.03. The number of hydrogen-bond donors (Lipinski definition) is 2. The summed E-state index contributed by atoms with van der Waals surface area (Å²) >= 11 is 0. The fourth-order valence-corrected chi connectivity index (χ4v) is 2.02. The summed E-state index contributed by atoms with van der Waals surface area (Å²) < 4.78 is 5.12. The Morgan fingerprint density at radius 2 is 2.26 bits per heavy atom. The molecule has 4 nitrogen and oxygen atoms in total. The number of aliphatic hydroxyl groups excluding tert-OH is 1. The van der Waals surface area contributed by atoms with Gasteiger partial charge < -0.3 is 15.2 Å². The van der Waals surface area contributed by atoms with E-state index in [1.165, 1.54) is 12.8 Å². The van der Waals surface area contributed by atoms with Gasteiger partial charge in [-0.1, -0.05) is 5.57 Å². The van der Waals surface area contributed by atoms with Crippen molar-refractivity contribution in [1.82, 2.24) is 0 Å². The molecule has 1 aromatic rings. The minimum atomic E-state index is -0.126. The van der Waals surface area contributed by atoms with Crippen LogP contribution in [-0.2, 0) is 11.4 Å². The van der Waals surface area contributed by atoms with Crippen molar-refractivity contribution in [2.45, 2.75) is 26.4 Å². The number of ether oxygens (including phenoxy) is 1. The standard InChI is InChI=1S/C15H19NO3/c1-10(11-3-4-11)7-15(18)16-13-5-6-14(19-2)12(8-13)9-17/h5-8,11,17H,3-4,9H2,1-2H3,(H,16,18)/b10-7-. The topological polar surface area (TPSA) is 58.6 Å². The Kier molecular flexibility index (Phi) is 4.22. The van der Waals surface area contributed by atoms with E-state index in [0.29, 0.717) is 22.9 Å². The molecular weight excluding hydrogens is 242 g/mol. The van der Waals surface area contributed by atoms with Crippen molar-refractivity contribution >= 4 is 11.6 Å². The molecule has 0 atom stereocenters. The first-order chi connectivity index (χ1) is 9.13. The molecule has 0 spiro atoms. The molecule has 0 heterocycles. The van der Waals surface area contributed by atoms with E-state index in [2.05, 4.69) is 5.32 Å². The summed E-state index contributed by atoms with van der Waals surface area (Å²) in [6.45, 7) is 1.87. The summed E-state index contributed by atoms with van der Waals surface area (Å²) in [5.74, 6) is 1.08. The molecule has 1 amide bonds. The van der Waals surface area contributed by atoms with Crippen molar-refractivity contribution in [3.63, 3.8) is 0 Å². The van der Waals surface area contributed by atoms with E-state index in [-0.39, 0.29) is 12.5 Å². The third-order valence-electron chi connectivity index (χ3n) is 3.30. The first-order valence-corrected chi connectivity index (χ1v) is 6.41. The molecule has 0 radical (unpaired) electrons. The van der Waals surface area contributed by atoms with Crippen molar-refractivity contribution in [1.29, 1.82) is 0 Å². The van der Waals surface area contributed by atoms with E-state index in [9.17, 15) is 9.90 Å². The average molecular weight is 261 g/mol. The van der Waals surface area contributed by atoms with E-state index in [1.54, 1.807) is 31.4 Å². The SMILES string of the molecule is COc1ccc(NC(=O)/C=C(/C)C2CC2)cc1CO. The highest BCUT2D eigenvalue weighted by Crippen LogP contribution is 2.35. The molecule has 0 unspecified atom stereocenters. The molecule has 2 rings (SSSR count). The van der Waals surface area contributed by atoms with Crippen LogP contribution in [0.5, 0.6) is 5.75 Å². The van der Waals surface area contributed by atoms with Crippen LogP contribution < -0.4 is 10.1 Å². The van der Waals surface area contributed by atoms with E-state index in [0.717, 1.165) is 5.57 Å². The van der Waals surface area contributed by atoms with Crippen LogP contribution in [0.15, 0.2) is 29.8 Å². The summed E-state index contributed by atoms with van der Waals surface area (Å²) in [5, 5.41) is 12.0. The van der Waals surface area contributed by atoms with Crippen LogP contribution in [0.25, 0.3) is 0 Å².